The summed E-state index contributed by atoms with van der Waals surface area (Å²) in [5.74, 6) is 2.39. The summed E-state index contributed by atoms with van der Waals surface area (Å²) in [6.07, 6.45) is 7.57. The van der Waals surface area contributed by atoms with Crippen LogP contribution in [0.4, 0.5) is 0 Å². The van der Waals surface area contributed by atoms with Gasteiger partial charge in [-0.1, -0.05) is 35.9 Å². The number of benzene rings is 2. The molecule has 2 aromatic carbocycles. The van der Waals surface area contributed by atoms with E-state index in [2.05, 4.69) is 9.71 Å². The van der Waals surface area contributed by atoms with Gasteiger partial charge in [0.05, 0.1) is 5.02 Å². The first-order chi connectivity index (χ1) is 14.9. The van der Waals surface area contributed by atoms with Gasteiger partial charge in [0.1, 0.15) is 4.90 Å². The van der Waals surface area contributed by atoms with Crippen LogP contribution in [-0.4, -0.2) is 19.9 Å². The number of H-pyrrole nitrogens is 1. The normalized spacial score (nSPS) is 29.6. The summed E-state index contributed by atoms with van der Waals surface area (Å²) < 4.78 is 29.5. The van der Waals surface area contributed by atoms with Gasteiger partial charge in [-0.25, -0.2) is 13.1 Å². The number of aromatic amines is 1. The van der Waals surface area contributed by atoms with Crippen molar-refractivity contribution in [1.29, 1.82) is 0 Å². The molecular formula is C25H27ClN2O2S. The number of rotatable bonds is 5. The number of hydrogen-bond donors (Lipinski definition) is 2. The second kappa shape index (κ2) is 7.09. The number of halogens is 1. The maximum Gasteiger partial charge on any atom is 0.242 e. The van der Waals surface area contributed by atoms with E-state index in [9.17, 15) is 8.42 Å². The van der Waals surface area contributed by atoms with Crippen LogP contribution < -0.4 is 4.72 Å². The fraction of sp³-hybridized carbons (Fsp3) is 0.440. The Balaban J connectivity index is 1.28. The zero-order valence-electron chi connectivity index (χ0n) is 17.4. The number of hydrogen-bond acceptors (Lipinski definition) is 2. The van der Waals surface area contributed by atoms with Gasteiger partial charge in [0, 0.05) is 23.1 Å². The van der Waals surface area contributed by atoms with E-state index in [0.717, 1.165) is 39.9 Å². The molecule has 4 aliphatic rings. The van der Waals surface area contributed by atoms with Crippen molar-refractivity contribution >= 4 is 32.5 Å². The van der Waals surface area contributed by atoms with E-state index in [4.69, 9.17) is 11.6 Å². The maximum atomic E-state index is 13.3. The third-order valence-electron chi connectivity index (χ3n) is 7.86. The van der Waals surface area contributed by atoms with Crippen molar-refractivity contribution in [3.8, 4) is 11.3 Å². The van der Waals surface area contributed by atoms with Gasteiger partial charge in [-0.3, -0.25) is 0 Å². The van der Waals surface area contributed by atoms with Crippen LogP contribution in [-0.2, 0) is 10.0 Å². The van der Waals surface area contributed by atoms with E-state index < -0.39 is 10.0 Å². The summed E-state index contributed by atoms with van der Waals surface area (Å²) in [4.78, 5) is 3.53. The molecule has 0 atom stereocenters. The predicted octanol–water partition coefficient (Wildman–Crippen LogP) is 5.98. The molecule has 3 aromatic rings. The van der Waals surface area contributed by atoms with Gasteiger partial charge in [-0.2, -0.15) is 0 Å². The minimum Gasteiger partial charge on any atom is -0.355 e. The molecule has 7 rings (SSSR count). The van der Waals surface area contributed by atoms with E-state index in [1.54, 1.807) is 12.1 Å². The van der Waals surface area contributed by atoms with Crippen LogP contribution in [0.2, 0.25) is 5.02 Å². The van der Waals surface area contributed by atoms with Gasteiger partial charge in [0.25, 0.3) is 0 Å². The third-order valence-corrected chi connectivity index (χ3v) is 9.75. The molecule has 6 heteroatoms. The monoisotopic (exact) mass is 454 g/mol. The van der Waals surface area contributed by atoms with Gasteiger partial charge in [-0.05, 0) is 91.5 Å². The smallest absolute Gasteiger partial charge is 0.242 e. The number of aromatic nitrogens is 1. The summed E-state index contributed by atoms with van der Waals surface area (Å²) in [7, 11) is -3.69. The molecule has 0 spiro atoms. The van der Waals surface area contributed by atoms with Crippen LogP contribution in [0.3, 0.4) is 0 Å². The summed E-state index contributed by atoms with van der Waals surface area (Å²) in [5.41, 5.74) is 2.87. The van der Waals surface area contributed by atoms with E-state index >= 15 is 0 Å². The van der Waals surface area contributed by atoms with Crippen LogP contribution in [0, 0.1) is 23.2 Å². The molecule has 162 valence electrons. The van der Waals surface area contributed by atoms with E-state index in [-0.39, 0.29) is 15.3 Å². The second-order valence-electron chi connectivity index (χ2n) is 10.2. The number of para-hydroxylation sites is 1. The van der Waals surface area contributed by atoms with Crippen molar-refractivity contribution in [1.82, 2.24) is 9.71 Å². The molecule has 2 N–H and O–H groups in total. The molecule has 0 saturated heterocycles. The Kier molecular flexibility index (Phi) is 4.54. The second-order valence-corrected chi connectivity index (χ2v) is 12.3. The van der Waals surface area contributed by atoms with Crippen molar-refractivity contribution in [3.05, 3.63) is 53.6 Å². The third kappa shape index (κ3) is 3.51. The molecule has 0 unspecified atom stereocenters. The van der Waals surface area contributed by atoms with Gasteiger partial charge in [-0.15, -0.1) is 0 Å². The van der Waals surface area contributed by atoms with Crippen molar-refractivity contribution in [3.63, 3.8) is 0 Å². The molecule has 0 aliphatic heterocycles. The lowest BCUT2D eigenvalue weighted by Crippen LogP contribution is -2.51. The van der Waals surface area contributed by atoms with Gasteiger partial charge in [0.15, 0.2) is 0 Å². The molecule has 1 aromatic heterocycles. The van der Waals surface area contributed by atoms with Crippen LogP contribution in [0.1, 0.15) is 38.5 Å². The first-order valence-corrected chi connectivity index (χ1v) is 13.1. The van der Waals surface area contributed by atoms with Crippen LogP contribution in [0.15, 0.2) is 53.4 Å². The molecule has 4 nitrogen and oxygen atoms in total. The van der Waals surface area contributed by atoms with E-state index in [1.807, 2.05) is 36.4 Å². The zero-order valence-corrected chi connectivity index (χ0v) is 19.0. The van der Waals surface area contributed by atoms with Crippen LogP contribution in [0.5, 0.6) is 0 Å². The average molecular weight is 455 g/mol. The minimum absolute atomic E-state index is 0.142. The predicted molar refractivity (Wildman–Crippen MR) is 125 cm³/mol. The van der Waals surface area contributed by atoms with Crippen LogP contribution in [0.25, 0.3) is 22.2 Å². The molecule has 4 bridgehead atoms. The lowest BCUT2D eigenvalue weighted by atomic mass is 9.50. The first-order valence-electron chi connectivity index (χ1n) is 11.3. The van der Waals surface area contributed by atoms with Gasteiger partial charge >= 0.3 is 0 Å². The van der Waals surface area contributed by atoms with Crippen molar-refractivity contribution in [2.24, 2.45) is 23.2 Å². The molecule has 31 heavy (non-hydrogen) atoms. The highest BCUT2D eigenvalue weighted by molar-refractivity contribution is 7.89. The highest BCUT2D eigenvalue weighted by atomic mass is 35.5. The zero-order chi connectivity index (χ0) is 21.2. The highest BCUT2D eigenvalue weighted by Crippen LogP contribution is 2.59. The van der Waals surface area contributed by atoms with Crippen molar-refractivity contribution < 1.29 is 8.42 Å². The largest absolute Gasteiger partial charge is 0.355 e. The summed E-state index contributed by atoms with van der Waals surface area (Å²) in [6.45, 7) is 0.534. The lowest BCUT2D eigenvalue weighted by molar-refractivity contribution is -0.0487. The fourth-order valence-electron chi connectivity index (χ4n) is 6.94. The molecule has 0 amide bonds. The Morgan fingerprint density at radius 3 is 2.32 bits per heavy atom. The first kappa shape index (κ1) is 19.8. The van der Waals surface area contributed by atoms with Crippen molar-refractivity contribution in [2.75, 3.05) is 6.54 Å². The van der Waals surface area contributed by atoms with E-state index in [0.29, 0.717) is 6.54 Å². The Morgan fingerprint density at radius 2 is 1.65 bits per heavy atom. The Hall–Kier alpha value is -1.82. The Labute approximate surface area is 188 Å². The molecule has 4 fully saturated rings. The number of fused-ring (bicyclic) bond motifs is 1. The number of sulfonamides is 1. The van der Waals surface area contributed by atoms with Gasteiger partial charge in [0.2, 0.25) is 10.0 Å². The maximum absolute atomic E-state index is 13.3. The summed E-state index contributed by atoms with van der Waals surface area (Å²) in [6, 6.07) is 15.3. The molecule has 4 saturated carbocycles. The Morgan fingerprint density at radius 1 is 0.968 bits per heavy atom. The van der Waals surface area contributed by atoms with Gasteiger partial charge < -0.3 is 4.98 Å². The molecule has 1 heterocycles. The average Bonchev–Trinajstić information content (AvgIpc) is 3.16. The molecule has 4 aliphatic carbocycles. The SMILES string of the molecule is O=S(=O)(NCC12CC3CC(CC(C3)C1)C2)c1cc(-c2cc3ccccc3[nH]2)ccc1Cl. The standard InChI is InChI=1S/C25H27ClN2O2S/c26-21-6-5-20(23-10-19-3-1-2-4-22(19)28-23)11-24(21)31(29,30)27-15-25-12-16-7-17(13-25)9-18(8-16)14-25/h1-6,10-11,16-18,27-28H,7-9,12-15H2. The topological polar surface area (TPSA) is 62.0 Å². The summed E-state index contributed by atoms with van der Waals surface area (Å²) in [5, 5.41) is 1.36. The lowest BCUT2D eigenvalue weighted by Gasteiger charge is -2.56. The quantitative estimate of drug-likeness (QED) is 0.497. The highest BCUT2D eigenvalue weighted by Gasteiger charge is 2.51. The number of nitrogens with one attached hydrogen (secondary N) is 2. The van der Waals surface area contributed by atoms with Crippen molar-refractivity contribution in [2.45, 2.75) is 43.4 Å². The molecule has 0 radical (unpaired) electrons. The summed E-state index contributed by atoms with van der Waals surface area (Å²) >= 11 is 6.37. The van der Waals surface area contributed by atoms with E-state index in [1.165, 1.54) is 38.5 Å². The minimum atomic E-state index is -3.69. The Bertz CT molecular complexity index is 1200. The fourth-order valence-corrected chi connectivity index (χ4v) is 8.62. The molecular weight excluding hydrogens is 428 g/mol. The van der Waals surface area contributed by atoms with Crippen LogP contribution >= 0.6 is 11.6 Å².